The van der Waals surface area contributed by atoms with Gasteiger partial charge in [0.05, 0.1) is 11.5 Å². The average molecular weight is 415 g/mol. The smallest absolute Gasteiger partial charge is 0.309 e. The molecule has 0 spiro atoms. The van der Waals surface area contributed by atoms with Crippen molar-refractivity contribution < 1.29 is 19.1 Å². The van der Waals surface area contributed by atoms with Crippen LogP contribution in [0.15, 0.2) is 0 Å². The van der Waals surface area contributed by atoms with Crippen molar-refractivity contribution in [3.63, 3.8) is 0 Å². The van der Waals surface area contributed by atoms with E-state index >= 15 is 0 Å². The molecule has 1 saturated heterocycles. The Morgan fingerprint density at radius 2 is 1.74 bits per heavy atom. The fourth-order valence-corrected chi connectivity index (χ4v) is 5.83. The Labute approximate surface area is 173 Å². The number of hydrogen-bond acceptors (Lipinski definition) is 6. The first-order chi connectivity index (χ1) is 12.5. The van der Waals surface area contributed by atoms with E-state index in [0.29, 0.717) is 10.00 Å². The third kappa shape index (κ3) is 5.66. The molecule has 3 rings (SSSR count). The van der Waals surface area contributed by atoms with Gasteiger partial charge in [-0.2, -0.15) is 12.6 Å². The molecule has 4 nitrogen and oxygen atoms in total. The van der Waals surface area contributed by atoms with Crippen molar-refractivity contribution in [3.05, 3.63) is 0 Å². The van der Waals surface area contributed by atoms with Crippen molar-refractivity contribution in [1.29, 1.82) is 0 Å². The van der Waals surface area contributed by atoms with E-state index in [9.17, 15) is 9.59 Å². The third-order valence-corrected chi connectivity index (χ3v) is 8.76. The van der Waals surface area contributed by atoms with Crippen LogP contribution in [0.5, 0.6) is 0 Å². The van der Waals surface area contributed by atoms with Gasteiger partial charge in [0.25, 0.3) is 0 Å². The minimum absolute atomic E-state index is 0.0216. The summed E-state index contributed by atoms with van der Waals surface area (Å²) in [5.74, 6) is 0.160. The molecule has 2 aliphatic carbocycles. The molecule has 154 valence electrons. The summed E-state index contributed by atoms with van der Waals surface area (Å²) in [6.07, 6.45) is 6.66. The molecule has 6 heteroatoms. The van der Waals surface area contributed by atoms with Crippen LogP contribution in [0, 0.1) is 11.8 Å². The molecule has 0 aromatic carbocycles. The molecule has 0 bridgehead atoms. The number of Topliss-reactive ketones (excluding diaryl/α,β-unsaturated/α-hetero) is 1. The summed E-state index contributed by atoms with van der Waals surface area (Å²) in [5, 5.41) is 0.625. The second kappa shape index (κ2) is 7.91. The van der Waals surface area contributed by atoms with Crippen molar-refractivity contribution in [2.75, 3.05) is 13.2 Å². The van der Waals surface area contributed by atoms with Gasteiger partial charge in [-0.25, -0.2) is 0 Å². The largest absolute Gasteiger partial charge is 0.462 e. The molecule has 2 saturated carbocycles. The molecule has 0 aromatic rings. The van der Waals surface area contributed by atoms with E-state index in [0.717, 1.165) is 44.9 Å². The van der Waals surface area contributed by atoms with E-state index in [1.807, 2.05) is 25.6 Å². The van der Waals surface area contributed by atoms with Crippen LogP contribution in [0.2, 0.25) is 0 Å². The van der Waals surface area contributed by atoms with E-state index in [1.165, 1.54) is 0 Å². The highest BCUT2D eigenvalue weighted by molar-refractivity contribution is 8.08. The fraction of sp³-hybridized carbons (Fsp3) is 0.905. The molecule has 3 aliphatic rings. The molecule has 3 fully saturated rings. The number of fused-ring (bicyclic) bond motifs is 1. The van der Waals surface area contributed by atoms with Gasteiger partial charge < -0.3 is 9.47 Å². The number of esters is 1. The Hall–Kier alpha value is -0.200. The van der Waals surface area contributed by atoms with E-state index in [1.54, 1.807) is 0 Å². The summed E-state index contributed by atoms with van der Waals surface area (Å²) >= 11 is 6.63. The Morgan fingerprint density at radius 1 is 1.11 bits per heavy atom. The van der Waals surface area contributed by atoms with Gasteiger partial charge in [0.15, 0.2) is 5.78 Å². The van der Waals surface area contributed by atoms with Gasteiger partial charge in [0.2, 0.25) is 0 Å². The molecular weight excluding hydrogens is 380 g/mol. The molecule has 27 heavy (non-hydrogen) atoms. The number of thiol groups is 1. The van der Waals surface area contributed by atoms with Crippen LogP contribution in [0.4, 0.5) is 0 Å². The summed E-state index contributed by atoms with van der Waals surface area (Å²) in [4.78, 5) is 24.9. The average Bonchev–Trinajstić information content (AvgIpc) is 3.28. The topological polar surface area (TPSA) is 52.6 Å². The number of ketones is 1. The molecule has 0 aromatic heterocycles. The van der Waals surface area contributed by atoms with Gasteiger partial charge in [-0.3, -0.25) is 9.59 Å². The van der Waals surface area contributed by atoms with Gasteiger partial charge in [-0.05, 0) is 65.7 Å². The highest BCUT2D eigenvalue weighted by atomic mass is 32.2. The van der Waals surface area contributed by atoms with Crippen molar-refractivity contribution in [3.8, 4) is 0 Å². The van der Waals surface area contributed by atoms with Crippen LogP contribution in [-0.4, -0.2) is 45.3 Å². The summed E-state index contributed by atoms with van der Waals surface area (Å²) < 4.78 is 11.9. The van der Waals surface area contributed by atoms with Gasteiger partial charge in [-0.1, -0.05) is 6.92 Å². The Morgan fingerprint density at radius 3 is 2.37 bits per heavy atom. The van der Waals surface area contributed by atoms with Crippen LogP contribution < -0.4 is 0 Å². The lowest BCUT2D eigenvalue weighted by Gasteiger charge is -2.33. The van der Waals surface area contributed by atoms with Crippen molar-refractivity contribution in [2.45, 2.75) is 93.0 Å². The van der Waals surface area contributed by atoms with Crippen LogP contribution in [0.3, 0.4) is 0 Å². The molecular formula is C21H34O4S2. The predicted octanol–water partition coefficient (Wildman–Crippen LogP) is 4.45. The minimum atomic E-state index is -0.643. The summed E-state index contributed by atoms with van der Waals surface area (Å²) in [6, 6.07) is 0. The lowest BCUT2D eigenvalue weighted by molar-refractivity contribution is -0.160. The summed E-state index contributed by atoms with van der Waals surface area (Å²) in [6.45, 7) is 8.49. The zero-order valence-electron chi connectivity index (χ0n) is 17.1. The van der Waals surface area contributed by atoms with Crippen molar-refractivity contribution in [2.24, 2.45) is 11.8 Å². The monoisotopic (exact) mass is 414 g/mol. The van der Waals surface area contributed by atoms with Gasteiger partial charge in [0, 0.05) is 20.7 Å². The number of rotatable bonds is 7. The number of thioether (sulfide) groups is 1. The number of ether oxygens (including phenoxy) is 2. The van der Waals surface area contributed by atoms with Crippen LogP contribution >= 0.6 is 24.4 Å². The quantitative estimate of drug-likeness (QED) is 0.379. The number of hydrogen-bond donors (Lipinski definition) is 1. The van der Waals surface area contributed by atoms with Crippen molar-refractivity contribution >= 4 is 36.1 Å². The van der Waals surface area contributed by atoms with E-state index in [4.69, 9.17) is 9.47 Å². The molecule has 3 atom stereocenters. The van der Waals surface area contributed by atoms with Crippen LogP contribution in [0.25, 0.3) is 0 Å². The maximum Gasteiger partial charge on any atom is 0.309 e. The second-order valence-corrected chi connectivity index (χ2v) is 12.6. The minimum Gasteiger partial charge on any atom is -0.462 e. The Kier molecular flexibility index (Phi) is 6.30. The first-order valence-corrected chi connectivity index (χ1v) is 11.6. The normalized spacial score (nSPS) is 38.8. The Bertz CT molecular complexity index is 579. The van der Waals surface area contributed by atoms with Gasteiger partial charge in [0.1, 0.15) is 13.2 Å². The summed E-state index contributed by atoms with van der Waals surface area (Å²) in [5.41, 5.74) is -0.643. The van der Waals surface area contributed by atoms with Crippen LogP contribution in [-0.2, 0) is 19.1 Å². The maximum atomic E-state index is 12.5. The molecule has 0 radical (unpaired) electrons. The number of carbonyl (C=O) groups excluding carboxylic acids is 2. The molecule has 0 N–H and O–H groups in total. The van der Waals surface area contributed by atoms with E-state index in [-0.39, 0.29) is 41.5 Å². The third-order valence-electron chi connectivity index (χ3n) is 6.54. The lowest BCUT2D eigenvalue weighted by Crippen LogP contribution is -2.38. The standard InChI is InChI=1S/C21H34O4S2/c1-19(2,25-12-16(22)14-5-8-20(3,26)9-6-14)13-24-18(23)15-7-10-21(4)17(11-15)27-21/h14-15,17,26H,5-13H2,1-4H3. The second-order valence-electron chi connectivity index (χ2n) is 9.78. The van der Waals surface area contributed by atoms with Gasteiger partial charge in [-0.15, -0.1) is 11.8 Å². The predicted molar refractivity (Wildman–Crippen MR) is 112 cm³/mol. The van der Waals surface area contributed by atoms with Crippen molar-refractivity contribution in [1.82, 2.24) is 0 Å². The Balaban J connectivity index is 1.37. The number of carbonyl (C=O) groups is 2. The highest BCUT2D eigenvalue weighted by Crippen LogP contribution is 2.62. The zero-order chi connectivity index (χ0) is 19.9. The van der Waals surface area contributed by atoms with E-state index in [2.05, 4.69) is 26.5 Å². The van der Waals surface area contributed by atoms with Crippen LogP contribution in [0.1, 0.15) is 72.6 Å². The molecule has 3 unspecified atom stereocenters. The zero-order valence-corrected chi connectivity index (χ0v) is 18.8. The van der Waals surface area contributed by atoms with Gasteiger partial charge >= 0.3 is 5.97 Å². The summed E-state index contributed by atoms with van der Waals surface area (Å²) in [7, 11) is 0. The molecule has 1 heterocycles. The molecule has 1 aliphatic heterocycles. The fourth-order valence-electron chi connectivity index (χ4n) is 4.21. The molecule has 0 amide bonds. The first kappa shape index (κ1) is 21.5. The van der Waals surface area contributed by atoms with E-state index < -0.39 is 5.60 Å². The first-order valence-electron chi connectivity index (χ1n) is 10.2. The maximum absolute atomic E-state index is 12.5. The SMILES string of the molecule is CC1(S)CCC(C(=O)COC(C)(C)COC(=O)C2CCC3(C)SC3C2)CC1. The highest BCUT2D eigenvalue weighted by Gasteiger charge is 2.55. The lowest BCUT2D eigenvalue weighted by atomic mass is 9.80.